The molecule has 1 unspecified atom stereocenters. The van der Waals surface area contributed by atoms with Gasteiger partial charge in [0.05, 0.1) is 19.3 Å². The first-order chi connectivity index (χ1) is 7.43. The zero-order chi connectivity index (χ0) is 12.2. The number of rotatable bonds is 4. The number of carbonyl (C=O) groups excluding carboxylic acids is 1. The van der Waals surface area contributed by atoms with E-state index in [2.05, 4.69) is 24.1 Å². The molecule has 3 N–H and O–H groups in total. The monoisotopic (exact) mass is 229 g/mol. The molecular formula is C11H23N3O2. The van der Waals surface area contributed by atoms with Crippen molar-refractivity contribution in [1.82, 2.24) is 10.2 Å². The molecule has 1 aliphatic heterocycles. The lowest BCUT2D eigenvalue weighted by Crippen LogP contribution is -2.55. The minimum atomic E-state index is -0.433. The third-order valence-corrected chi connectivity index (χ3v) is 2.91. The van der Waals surface area contributed by atoms with E-state index in [-0.39, 0.29) is 11.4 Å². The highest BCUT2D eigenvalue weighted by Gasteiger charge is 2.29. The maximum absolute atomic E-state index is 11.3. The first-order valence-electron chi connectivity index (χ1n) is 5.79. The van der Waals surface area contributed by atoms with Gasteiger partial charge in [-0.15, -0.1) is 0 Å². The van der Waals surface area contributed by atoms with E-state index in [0.717, 1.165) is 26.3 Å². The summed E-state index contributed by atoms with van der Waals surface area (Å²) in [5.41, 5.74) is 5.52. The molecule has 1 atom stereocenters. The molecule has 1 rings (SSSR count). The molecule has 1 amide bonds. The van der Waals surface area contributed by atoms with Crippen LogP contribution >= 0.6 is 0 Å². The van der Waals surface area contributed by atoms with Crippen LogP contribution in [0.4, 0.5) is 0 Å². The molecule has 1 fully saturated rings. The summed E-state index contributed by atoms with van der Waals surface area (Å²) in [6, 6.07) is -0.433. The van der Waals surface area contributed by atoms with E-state index in [9.17, 15) is 4.79 Å². The molecule has 0 aromatic carbocycles. The average Bonchev–Trinajstić information content (AvgIpc) is 2.19. The van der Waals surface area contributed by atoms with Crippen LogP contribution in [-0.4, -0.2) is 55.2 Å². The van der Waals surface area contributed by atoms with E-state index >= 15 is 0 Å². The molecule has 0 aromatic rings. The van der Waals surface area contributed by atoms with Crippen LogP contribution in [0.3, 0.4) is 0 Å². The highest BCUT2D eigenvalue weighted by molar-refractivity contribution is 5.80. The number of nitrogens with two attached hydrogens (primary N) is 1. The Morgan fingerprint density at radius 3 is 2.88 bits per heavy atom. The smallest absolute Gasteiger partial charge is 0.236 e. The van der Waals surface area contributed by atoms with Gasteiger partial charge in [-0.05, 0) is 20.8 Å². The van der Waals surface area contributed by atoms with Gasteiger partial charge in [0.2, 0.25) is 5.91 Å². The molecule has 1 saturated heterocycles. The molecular weight excluding hydrogens is 206 g/mol. The third kappa shape index (κ3) is 3.73. The second-order valence-corrected chi connectivity index (χ2v) is 4.93. The SMILES string of the molecule is CC(N)C(=O)NCCN1CCOCC1(C)C. The minimum Gasteiger partial charge on any atom is -0.378 e. The Bertz CT molecular complexity index is 241. The molecule has 0 bridgehead atoms. The Kier molecular flexibility index (Phi) is 4.70. The van der Waals surface area contributed by atoms with E-state index in [0.29, 0.717) is 6.54 Å². The van der Waals surface area contributed by atoms with Gasteiger partial charge in [0, 0.05) is 25.2 Å². The summed E-state index contributed by atoms with van der Waals surface area (Å²) in [6.07, 6.45) is 0. The summed E-state index contributed by atoms with van der Waals surface area (Å²) in [7, 11) is 0. The van der Waals surface area contributed by atoms with E-state index in [1.807, 2.05) is 0 Å². The Labute approximate surface area is 97.3 Å². The lowest BCUT2D eigenvalue weighted by molar-refractivity contribution is -0.122. The van der Waals surface area contributed by atoms with Crippen LogP contribution in [0.2, 0.25) is 0 Å². The topological polar surface area (TPSA) is 67.6 Å². The van der Waals surface area contributed by atoms with Crippen LogP contribution in [0, 0.1) is 0 Å². The second kappa shape index (κ2) is 5.61. The maximum atomic E-state index is 11.3. The van der Waals surface area contributed by atoms with Gasteiger partial charge in [-0.25, -0.2) is 0 Å². The molecule has 1 heterocycles. The van der Waals surface area contributed by atoms with Crippen molar-refractivity contribution in [2.75, 3.05) is 32.8 Å². The van der Waals surface area contributed by atoms with Gasteiger partial charge in [0.1, 0.15) is 0 Å². The molecule has 16 heavy (non-hydrogen) atoms. The van der Waals surface area contributed by atoms with E-state index < -0.39 is 6.04 Å². The molecule has 0 saturated carbocycles. The summed E-state index contributed by atoms with van der Waals surface area (Å²) < 4.78 is 5.43. The number of nitrogens with zero attached hydrogens (tertiary/aromatic N) is 1. The van der Waals surface area contributed by atoms with Gasteiger partial charge in [-0.3, -0.25) is 9.69 Å². The van der Waals surface area contributed by atoms with Gasteiger partial charge < -0.3 is 15.8 Å². The Balaban J connectivity index is 2.29. The lowest BCUT2D eigenvalue weighted by Gasteiger charge is -2.42. The van der Waals surface area contributed by atoms with Crippen LogP contribution in [0.5, 0.6) is 0 Å². The molecule has 0 aliphatic carbocycles. The average molecular weight is 229 g/mol. The first kappa shape index (κ1) is 13.4. The molecule has 5 nitrogen and oxygen atoms in total. The van der Waals surface area contributed by atoms with Crippen LogP contribution in [0.15, 0.2) is 0 Å². The number of hydrogen-bond acceptors (Lipinski definition) is 4. The lowest BCUT2D eigenvalue weighted by atomic mass is 10.0. The van der Waals surface area contributed by atoms with Crippen LogP contribution in [-0.2, 0) is 9.53 Å². The predicted molar refractivity (Wildman–Crippen MR) is 63.1 cm³/mol. The van der Waals surface area contributed by atoms with Crippen LogP contribution in [0.1, 0.15) is 20.8 Å². The molecule has 0 spiro atoms. The largest absolute Gasteiger partial charge is 0.378 e. The second-order valence-electron chi connectivity index (χ2n) is 4.93. The van der Waals surface area contributed by atoms with Crippen LogP contribution < -0.4 is 11.1 Å². The molecule has 1 aliphatic rings. The van der Waals surface area contributed by atoms with E-state index in [1.165, 1.54) is 0 Å². The molecule has 5 heteroatoms. The molecule has 94 valence electrons. The zero-order valence-corrected chi connectivity index (χ0v) is 10.5. The first-order valence-corrected chi connectivity index (χ1v) is 5.79. The molecule has 0 radical (unpaired) electrons. The fraction of sp³-hybridized carbons (Fsp3) is 0.909. The maximum Gasteiger partial charge on any atom is 0.236 e. The summed E-state index contributed by atoms with van der Waals surface area (Å²) in [5, 5.41) is 2.82. The number of nitrogens with one attached hydrogen (secondary N) is 1. The Morgan fingerprint density at radius 2 is 2.31 bits per heavy atom. The van der Waals surface area contributed by atoms with Crippen molar-refractivity contribution in [3.8, 4) is 0 Å². The standard InChI is InChI=1S/C11H23N3O2/c1-9(12)10(15)13-4-5-14-6-7-16-8-11(14,2)3/h9H,4-8,12H2,1-3H3,(H,13,15). The molecule has 0 aromatic heterocycles. The number of hydrogen-bond donors (Lipinski definition) is 2. The van der Waals surface area contributed by atoms with E-state index in [4.69, 9.17) is 10.5 Å². The predicted octanol–water partition coefficient (Wildman–Crippen LogP) is -0.439. The van der Waals surface area contributed by atoms with Gasteiger partial charge in [-0.2, -0.15) is 0 Å². The fourth-order valence-corrected chi connectivity index (χ4v) is 1.78. The van der Waals surface area contributed by atoms with Gasteiger partial charge in [0.25, 0.3) is 0 Å². The van der Waals surface area contributed by atoms with Crippen molar-refractivity contribution in [1.29, 1.82) is 0 Å². The van der Waals surface area contributed by atoms with Crippen molar-refractivity contribution in [2.24, 2.45) is 5.73 Å². The minimum absolute atomic E-state index is 0.0529. The van der Waals surface area contributed by atoms with Crippen molar-refractivity contribution >= 4 is 5.91 Å². The highest BCUT2D eigenvalue weighted by Crippen LogP contribution is 2.17. The number of amides is 1. The Morgan fingerprint density at radius 1 is 1.62 bits per heavy atom. The third-order valence-electron chi connectivity index (χ3n) is 2.91. The summed E-state index contributed by atoms with van der Waals surface area (Å²) in [4.78, 5) is 13.6. The summed E-state index contributed by atoms with van der Waals surface area (Å²) in [5.74, 6) is -0.0916. The summed E-state index contributed by atoms with van der Waals surface area (Å²) in [6.45, 7) is 9.91. The van der Waals surface area contributed by atoms with Gasteiger partial charge in [-0.1, -0.05) is 0 Å². The Hall–Kier alpha value is -0.650. The highest BCUT2D eigenvalue weighted by atomic mass is 16.5. The number of carbonyl (C=O) groups is 1. The summed E-state index contributed by atoms with van der Waals surface area (Å²) >= 11 is 0. The van der Waals surface area contributed by atoms with Crippen molar-refractivity contribution in [3.05, 3.63) is 0 Å². The normalized spacial score (nSPS) is 22.8. The number of ether oxygens (including phenoxy) is 1. The quantitative estimate of drug-likeness (QED) is 0.686. The van der Waals surface area contributed by atoms with E-state index in [1.54, 1.807) is 6.92 Å². The van der Waals surface area contributed by atoms with Crippen molar-refractivity contribution in [2.45, 2.75) is 32.4 Å². The van der Waals surface area contributed by atoms with Gasteiger partial charge >= 0.3 is 0 Å². The van der Waals surface area contributed by atoms with Gasteiger partial charge in [0.15, 0.2) is 0 Å². The fourth-order valence-electron chi connectivity index (χ4n) is 1.78. The van der Waals surface area contributed by atoms with Crippen LogP contribution in [0.25, 0.3) is 0 Å². The van der Waals surface area contributed by atoms with Crippen molar-refractivity contribution < 1.29 is 9.53 Å². The number of morpholine rings is 1. The van der Waals surface area contributed by atoms with Crippen molar-refractivity contribution in [3.63, 3.8) is 0 Å². The zero-order valence-electron chi connectivity index (χ0n) is 10.5.